The smallest absolute Gasteiger partial charge is 0.272 e. The molecule has 0 radical (unpaired) electrons. The molecule has 1 heterocycles. The van der Waals surface area contributed by atoms with E-state index >= 15 is 0 Å². The van der Waals surface area contributed by atoms with Gasteiger partial charge in [-0.05, 0) is 74.0 Å². The molecule has 0 fully saturated rings. The van der Waals surface area contributed by atoms with Crippen molar-refractivity contribution >= 4 is 69.3 Å². The standard InChI is InChI=1S/C35H29ClN4O3S2/c1-22-7-6-8-24(19-22)20-30(38-33(42)26-9-4-3-5-10-26)34(43)37-28-15-17-29(18-16-28)45-23(2)32(41)40-35-39-31(21-44-35)25-11-13-27(36)14-12-25/h3-21,23H,1-2H3,(H,37,43)(H,38,42)(H,39,40,41)/b30-20-. The molecule has 0 aliphatic rings. The molecule has 0 saturated heterocycles. The summed E-state index contributed by atoms with van der Waals surface area (Å²) in [6, 6.07) is 30.9. The molecule has 0 bridgehead atoms. The summed E-state index contributed by atoms with van der Waals surface area (Å²) in [6.07, 6.45) is 1.65. The van der Waals surface area contributed by atoms with E-state index in [1.165, 1.54) is 23.1 Å². The van der Waals surface area contributed by atoms with Crippen LogP contribution >= 0.6 is 34.7 Å². The van der Waals surface area contributed by atoms with Crippen LogP contribution in [0.15, 0.2) is 119 Å². The van der Waals surface area contributed by atoms with Gasteiger partial charge in [-0.2, -0.15) is 0 Å². The summed E-state index contributed by atoms with van der Waals surface area (Å²) in [4.78, 5) is 44.5. The van der Waals surface area contributed by atoms with Gasteiger partial charge in [-0.15, -0.1) is 23.1 Å². The van der Waals surface area contributed by atoms with Crippen LogP contribution in [0, 0.1) is 6.92 Å². The molecule has 3 N–H and O–H groups in total. The highest BCUT2D eigenvalue weighted by Crippen LogP contribution is 2.29. The number of nitrogens with one attached hydrogen (secondary N) is 3. The number of aromatic nitrogens is 1. The highest BCUT2D eigenvalue weighted by atomic mass is 35.5. The summed E-state index contributed by atoms with van der Waals surface area (Å²) in [5.74, 6) is -1.02. The maximum Gasteiger partial charge on any atom is 0.272 e. The molecule has 0 aliphatic heterocycles. The van der Waals surface area contributed by atoms with Gasteiger partial charge in [0, 0.05) is 32.1 Å². The molecule has 5 rings (SSSR count). The number of anilines is 2. The first kappa shape index (κ1) is 31.7. The van der Waals surface area contributed by atoms with Gasteiger partial charge in [0.25, 0.3) is 11.8 Å². The fourth-order valence-electron chi connectivity index (χ4n) is 4.23. The van der Waals surface area contributed by atoms with Crippen LogP contribution in [0.25, 0.3) is 17.3 Å². The number of benzene rings is 4. The fraction of sp³-hybridized carbons (Fsp3) is 0.0857. The molecule has 10 heteroatoms. The molecular weight excluding hydrogens is 624 g/mol. The van der Waals surface area contributed by atoms with Crippen molar-refractivity contribution in [3.63, 3.8) is 0 Å². The zero-order valence-corrected chi connectivity index (χ0v) is 26.8. The maximum absolute atomic E-state index is 13.3. The Bertz CT molecular complexity index is 1840. The minimum atomic E-state index is -0.463. The Hall–Kier alpha value is -4.70. The fourth-order valence-corrected chi connectivity index (χ4v) is 5.95. The van der Waals surface area contributed by atoms with Gasteiger partial charge in [0.15, 0.2) is 5.13 Å². The molecule has 5 aromatic rings. The molecule has 4 aromatic carbocycles. The molecule has 0 saturated carbocycles. The zero-order chi connectivity index (χ0) is 31.8. The molecular formula is C35H29ClN4O3S2. The van der Waals surface area contributed by atoms with Gasteiger partial charge in [-0.1, -0.05) is 71.8 Å². The van der Waals surface area contributed by atoms with E-state index in [1.807, 2.05) is 73.8 Å². The van der Waals surface area contributed by atoms with E-state index in [-0.39, 0.29) is 17.5 Å². The highest BCUT2D eigenvalue weighted by molar-refractivity contribution is 8.00. The third-order valence-electron chi connectivity index (χ3n) is 6.55. The third-order valence-corrected chi connectivity index (χ3v) is 8.67. The van der Waals surface area contributed by atoms with Gasteiger partial charge in [0.1, 0.15) is 5.70 Å². The van der Waals surface area contributed by atoms with E-state index in [0.29, 0.717) is 21.4 Å². The van der Waals surface area contributed by atoms with Crippen molar-refractivity contribution in [2.24, 2.45) is 0 Å². The second kappa shape index (κ2) is 14.9. The van der Waals surface area contributed by atoms with Crippen molar-refractivity contribution in [3.8, 4) is 11.3 Å². The number of thioether (sulfide) groups is 1. The minimum Gasteiger partial charge on any atom is -0.321 e. The summed E-state index contributed by atoms with van der Waals surface area (Å²) in [6.45, 7) is 3.78. The van der Waals surface area contributed by atoms with Gasteiger partial charge in [-0.3, -0.25) is 14.4 Å². The number of amides is 3. The number of hydrogen-bond acceptors (Lipinski definition) is 6. The molecule has 3 amide bonds. The first-order valence-electron chi connectivity index (χ1n) is 14.0. The van der Waals surface area contributed by atoms with Crippen molar-refractivity contribution in [1.29, 1.82) is 0 Å². The van der Waals surface area contributed by atoms with Crippen molar-refractivity contribution in [3.05, 3.63) is 136 Å². The summed E-state index contributed by atoms with van der Waals surface area (Å²) < 4.78 is 0. The van der Waals surface area contributed by atoms with Gasteiger partial charge in [0.2, 0.25) is 5.91 Å². The number of carbonyl (C=O) groups excluding carboxylic acids is 3. The number of carbonyl (C=O) groups is 3. The number of aryl methyl sites for hydroxylation is 1. The van der Waals surface area contributed by atoms with E-state index < -0.39 is 11.2 Å². The molecule has 226 valence electrons. The molecule has 1 atom stereocenters. The van der Waals surface area contributed by atoms with Crippen LogP contribution < -0.4 is 16.0 Å². The SMILES string of the molecule is Cc1cccc(/C=C(\NC(=O)c2ccccc2)C(=O)Nc2ccc(SC(C)C(=O)Nc3nc(-c4ccc(Cl)cc4)cs3)cc2)c1. The summed E-state index contributed by atoms with van der Waals surface area (Å²) in [5, 5.41) is 11.2. The van der Waals surface area contributed by atoms with Crippen LogP contribution in [0.2, 0.25) is 5.02 Å². The lowest BCUT2D eigenvalue weighted by Gasteiger charge is -2.13. The summed E-state index contributed by atoms with van der Waals surface area (Å²) in [5.41, 5.74) is 4.60. The predicted molar refractivity (Wildman–Crippen MR) is 185 cm³/mol. The van der Waals surface area contributed by atoms with E-state index in [1.54, 1.807) is 54.6 Å². The van der Waals surface area contributed by atoms with E-state index in [0.717, 1.165) is 27.3 Å². The number of hydrogen-bond donors (Lipinski definition) is 3. The number of halogens is 1. The molecule has 45 heavy (non-hydrogen) atoms. The quantitative estimate of drug-likeness (QED) is 0.104. The molecule has 7 nitrogen and oxygen atoms in total. The lowest BCUT2D eigenvalue weighted by atomic mass is 10.1. The normalized spacial score (nSPS) is 11.8. The number of thiazole rings is 1. The van der Waals surface area contributed by atoms with Gasteiger partial charge in [-0.25, -0.2) is 4.98 Å². The van der Waals surface area contributed by atoms with Crippen molar-refractivity contribution < 1.29 is 14.4 Å². The predicted octanol–water partition coefficient (Wildman–Crippen LogP) is 8.30. The van der Waals surface area contributed by atoms with Gasteiger partial charge >= 0.3 is 0 Å². The van der Waals surface area contributed by atoms with E-state index in [2.05, 4.69) is 20.9 Å². The molecule has 1 unspecified atom stereocenters. The lowest BCUT2D eigenvalue weighted by Crippen LogP contribution is -2.30. The zero-order valence-electron chi connectivity index (χ0n) is 24.4. The molecule has 0 aliphatic carbocycles. The van der Waals surface area contributed by atoms with Crippen molar-refractivity contribution in [2.45, 2.75) is 24.0 Å². The summed E-state index contributed by atoms with van der Waals surface area (Å²) in [7, 11) is 0. The summed E-state index contributed by atoms with van der Waals surface area (Å²) >= 11 is 8.72. The Morgan fingerprint density at radius 1 is 0.889 bits per heavy atom. The number of nitrogens with zero attached hydrogens (tertiary/aromatic N) is 1. The highest BCUT2D eigenvalue weighted by Gasteiger charge is 2.18. The second-order valence-electron chi connectivity index (χ2n) is 10.1. The van der Waals surface area contributed by atoms with E-state index in [4.69, 9.17) is 11.6 Å². The minimum absolute atomic E-state index is 0.111. The lowest BCUT2D eigenvalue weighted by molar-refractivity contribution is -0.115. The van der Waals surface area contributed by atoms with Crippen LogP contribution in [-0.2, 0) is 9.59 Å². The third kappa shape index (κ3) is 8.92. The van der Waals surface area contributed by atoms with Crippen LogP contribution in [-0.4, -0.2) is 28.0 Å². The average molecular weight is 653 g/mol. The Kier molecular flexibility index (Phi) is 10.5. The van der Waals surface area contributed by atoms with Gasteiger partial charge in [0.05, 0.1) is 10.9 Å². The monoisotopic (exact) mass is 652 g/mol. The Labute approximate surface area is 274 Å². The van der Waals surface area contributed by atoms with Crippen LogP contribution in [0.3, 0.4) is 0 Å². The number of rotatable bonds is 10. The van der Waals surface area contributed by atoms with Crippen LogP contribution in [0.5, 0.6) is 0 Å². The Morgan fingerprint density at radius 3 is 2.33 bits per heavy atom. The largest absolute Gasteiger partial charge is 0.321 e. The van der Waals surface area contributed by atoms with Crippen LogP contribution in [0.4, 0.5) is 10.8 Å². The topological polar surface area (TPSA) is 100 Å². The van der Waals surface area contributed by atoms with E-state index in [9.17, 15) is 14.4 Å². The van der Waals surface area contributed by atoms with Crippen molar-refractivity contribution in [2.75, 3.05) is 10.6 Å². The molecule has 0 spiro atoms. The second-order valence-corrected chi connectivity index (χ2v) is 12.8. The Balaban J connectivity index is 1.21. The Morgan fingerprint density at radius 2 is 1.62 bits per heavy atom. The first-order valence-corrected chi connectivity index (χ1v) is 16.1. The van der Waals surface area contributed by atoms with Gasteiger partial charge < -0.3 is 16.0 Å². The van der Waals surface area contributed by atoms with Crippen molar-refractivity contribution in [1.82, 2.24) is 10.3 Å². The van der Waals surface area contributed by atoms with Crippen LogP contribution in [0.1, 0.15) is 28.4 Å². The average Bonchev–Trinajstić information content (AvgIpc) is 3.50. The first-order chi connectivity index (χ1) is 21.7. The maximum atomic E-state index is 13.3. The molecule has 1 aromatic heterocycles.